The van der Waals surface area contributed by atoms with Gasteiger partial charge in [-0.25, -0.2) is 9.34 Å². The van der Waals surface area contributed by atoms with Crippen LogP contribution in [0.25, 0.3) is 0 Å². The number of nitrogens with zero attached hydrogens (tertiary/aromatic N) is 2. The quantitative estimate of drug-likeness (QED) is 0.328. The molecular formula is C20H43N2O3P. The molecule has 0 amide bonds. The minimum Gasteiger partial charge on any atom is -0.463 e. The zero-order valence-electron chi connectivity index (χ0n) is 18.9. The van der Waals surface area contributed by atoms with E-state index in [9.17, 15) is 4.79 Å². The average molecular weight is 391 g/mol. The molecule has 0 fully saturated rings. The summed E-state index contributed by atoms with van der Waals surface area (Å²) in [5.74, 6) is -0.283. The van der Waals surface area contributed by atoms with Gasteiger partial charge in [0.05, 0.1) is 18.6 Å². The molecule has 0 N–H and O–H groups in total. The van der Waals surface area contributed by atoms with Crippen LogP contribution in [-0.2, 0) is 14.1 Å². The molecule has 0 radical (unpaired) electrons. The molecule has 0 bridgehead atoms. The van der Waals surface area contributed by atoms with Crippen LogP contribution >= 0.6 is 8.45 Å². The standard InChI is InChI=1S/C20H43N2O3P/c1-14(2)21(15(3)4)26(22(16(5)6)17(7)8)24-13-12-19(11)20(23)25-18(9)10/h14-19H,12-13H2,1-11H3/t19-/m1/s1. The van der Waals surface area contributed by atoms with Gasteiger partial charge in [-0.1, -0.05) is 6.92 Å². The maximum absolute atomic E-state index is 12.0. The first kappa shape index (κ1) is 25.8. The van der Waals surface area contributed by atoms with Gasteiger partial charge in [-0.05, 0) is 75.7 Å². The molecule has 0 aromatic rings. The molecule has 0 aromatic heterocycles. The topological polar surface area (TPSA) is 42.0 Å². The lowest BCUT2D eigenvalue weighted by atomic mass is 10.1. The van der Waals surface area contributed by atoms with Crippen molar-refractivity contribution in [2.45, 2.75) is 113 Å². The van der Waals surface area contributed by atoms with Gasteiger partial charge in [-0.3, -0.25) is 4.79 Å². The number of ether oxygens (including phenoxy) is 1. The van der Waals surface area contributed by atoms with Crippen LogP contribution in [0.3, 0.4) is 0 Å². The monoisotopic (exact) mass is 390 g/mol. The fourth-order valence-corrected chi connectivity index (χ4v) is 5.37. The maximum Gasteiger partial charge on any atom is 0.308 e. The zero-order chi connectivity index (χ0) is 20.6. The lowest BCUT2D eigenvalue weighted by Gasteiger charge is -2.45. The normalized spacial score (nSPS) is 14.1. The molecule has 0 heterocycles. The van der Waals surface area contributed by atoms with Gasteiger partial charge in [-0.15, -0.1) is 0 Å². The predicted octanol–water partition coefficient (Wildman–Crippen LogP) is 5.45. The van der Waals surface area contributed by atoms with Crippen molar-refractivity contribution in [2.75, 3.05) is 6.61 Å². The van der Waals surface area contributed by atoms with E-state index in [1.807, 2.05) is 20.8 Å². The Bertz CT molecular complexity index is 365. The van der Waals surface area contributed by atoms with E-state index in [-0.39, 0.29) is 18.0 Å². The Morgan fingerprint density at radius 1 is 0.769 bits per heavy atom. The predicted molar refractivity (Wildman–Crippen MR) is 112 cm³/mol. The first-order valence-electron chi connectivity index (χ1n) is 10.1. The summed E-state index contributed by atoms with van der Waals surface area (Å²) in [5.41, 5.74) is 0. The molecule has 0 saturated heterocycles. The van der Waals surface area contributed by atoms with Crippen LogP contribution in [0.4, 0.5) is 0 Å². The van der Waals surface area contributed by atoms with E-state index < -0.39 is 8.45 Å². The molecule has 0 aliphatic rings. The molecule has 156 valence electrons. The van der Waals surface area contributed by atoms with Gasteiger partial charge in [0, 0.05) is 24.2 Å². The summed E-state index contributed by atoms with van der Waals surface area (Å²) in [6.45, 7) is 24.0. The smallest absolute Gasteiger partial charge is 0.308 e. The van der Waals surface area contributed by atoms with Crippen molar-refractivity contribution in [1.29, 1.82) is 0 Å². The molecule has 0 aliphatic heterocycles. The Hall–Kier alpha value is -0.220. The molecule has 5 nitrogen and oxygen atoms in total. The van der Waals surface area contributed by atoms with Crippen molar-refractivity contribution < 1.29 is 14.1 Å². The highest BCUT2D eigenvalue weighted by atomic mass is 31.2. The largest absolute Gasteiger partial charge is 0.463 e. The maximum atomic E-state index is 12.0. The lowest BCUT2D eigenvalue weighted by Crippen LogP contribution is -2.43. The van der Waals surface area contributed by atoms with E-state index in [0.717, 1.165) is 0 Å². The lowest BCUT2D eigenvalue weighted by molar-refractivity contribution is -0.152. The first-order chi connectivity index (χ1) is 11.9. The molecular weight excluding hydrogens is 347 g/mol. The molecule has 0 rings (SSSR count). The van der Waals surface area contributed by atoms with E-state index in [0.29, 0.717) is 37.2 Å². The summed E-state index contributed by atoms with van der Waals surface area (Å²) in [6, 6.07) is 1.57. The highest BCUT2D eigenvalue weighted by molar-refractivity contribution is 7.47. The van der Waals surface area contributed by atoms with Crippen molar-refractivity contribution in [3.05, 3.63) is 0 Å². The molecule has 0 saturated carbocycles. The van der Waals surface area contributed by atoms with Crippen LogP contribution in [-0.4, -0.2) is 52.2 Å². The number of carbonyl (C=O) groups is 1. The first-order valence-corrected chi connectivity index (χ1v) is 11.3. The zero-order valence-corrected chi connectivity index (χ0v) is 19.8. The Kier molecular flexibility index (Phi) is 12.2. The third-order valence-electron chi connectivity index (χ3n) is 4.02. The van der Waals surface area contributed by atoms with Crippen molar-refractivity contribution in [2.24, 2.45) is 5.92 Å². The van der Waals surface area contributed by atoms with Crippen LogP contribution < -0.4 is 0 Å². The third-order valence-corrected chi connectivity index (χ3v) is 7.07. The average Bonchev–Trinajstić information content (AvgIpc) is 2.44. The van der Waals surface area contributed by atoms with Crippen LogP contribution in [0.15, 0.2) is 0 Å². The number of hydrogen-bond acceptors (Lipinski definition) is 5. The number of carbonyl (C=O) groups excluding carboxylic acids is 1. The van der Waals surface area contributed by atoms with Crippen molar-refractivity contribution in [3.63, 3.8) is 0 Å². The Labute approximate surface area is 163 Å². The Morgan fingerprint density at radius 2 is 1.15 bits per heavy atom. The van der Waals surface area contributed by atoms with E-state index in [2.05, 4.69) is 64.7 Å². The molecule has 0 unspecified atom stereocenters. The van der Waals surface area contributed by atoms with Gasteiger partial charge in [0.1, 0.15) is 0 Å². The van der Waals surface area contributed by atoms with Gasteiger partial charge in [0.25, 0.3) is 0 Å². The number of esters is 1. The van der Waals surface area contributed by atoms with Crippen LogP contribution in [0.1, 0.15) is 82.6 Å². The van der Waals surface area contributed by atoms with Crippen LogP contribution in [0.2, 0.25) is 0 Å². The molecule has 1 atom stereocenters. The fourth-order valence-electron chi connectivity index (χ4n) is 3.01. The van der Waals surface area contributed by atoms with Gasteiger partial charge in [0.15, 0.2) is 8.45 Å². The number of hydrogen-bond donors (Lipinski definition) is 0. The minimum atomic E-state index is -0.897. The van der Waals surface area contributed by atoms with Gasteiger partial charge < -0.3 is 9.26 Å². The third kappa shape index (κ3) is 8.65. The van der Waals surface area contributed by atoms with E-state index in [4.69, 9.17) is 9.26 Å². The summed E-state index contributed by atoms with van der Waals surface area (Å²) in [7, 11) is -0.897. The second kappa shape index (κ2) is 12.3. The van der Waals surface area contributed by atoms with Crippen LogP contribution in [0.5, 0.6) is 0 Å². The van der Waals surface area contributed by atoms with Crippen molar-refractivity contribution in [1.82, 2.24) is 9.34 Å². The molecule has 0 aromatic carbocycles. The SMILES string of the molecule is CC(C)OC(=O)[C@H](C)CCOP(N(C(C)C)C(C)C)N(C(C)C)C(C)C. The summed E-state index contributed by atoms with van der Waals surface area (Å²) < 4.78 is 16.7. The second-order valence-corrected chi connectivity index (χ2v) is 10.1. The molecule has 26 heavy (non-hydrogen) atoms. The van der Waals surface area contributed by atoms with E-state index in [1.165, 1.54) is 0 Å². The highest BCUT2D eigenvalue weighted by Crippen LogP contribution is 2.50. The molecule has 6 heteroatoms. The van der Waals surface area contributed by atoms with Crippen LogP contribution in [0, 0.1) is 5.92 Å². The summed E-state index contributed by atoms with van der Waals surface area (Å²) in [5, 5.41) is 0. The van der Waals surface area contributed by atoms with Gasteiger partial charge in [-0.2, -0.15) is 0 Å². The van der Waals surface area contributed by atoms with Gasteiger partial charge >= 0.3 is 5.97 Å². The summed E-state index contributed by atoms with van der Waals surface area (Å²) in [6.07, 6.45) is 0.607. The van der Waals surface area contributed by atoms with Crippen molar-refractivity contribution >= 4 is 14.4 Å². The summed E-state index contributed by atoms with van der Waals surface area (Å²) >= 11 is 0. The van der Waals surface area contributed by atoms with E-state index >= 15 is 0 Å². The molecule has 0 aliphatic carbocycles. The van der Waals surface area contributed by atoms with E-state index in [1.54, 1.807) is 0 Å². The Morgan fingerprint density at radius 3 is 1.46 bits per heavy atom. The minimum absolute atomic E-state index is 0.0715. The van der Waals surface area contributed by atoms with Crippen molar-refractivity contribution in [3.8, 4) is 0 Å². The second-order valence-electron chi connectivity index (χ2n) is 8.40. The Balaban J connectivity index is 5.16. The van der Waals surface area contributed by atoms with Gasteiger partial charge in [0.2, 0.25) is 0 Å². The highest BCUT2D eigenvalue weighted by Gasteiger charge is 2.34. The number of rotatable bonds is 12. The summed E-state index contributed by atoms with van der Waals surface area (Å²) in [4.78, 5) is 12.0. The molecule has 0 spiro atoms. The fraction of sp³-hybridized carbons (Fsp3) is 0.950.